The molecule has 0 aliphatic heterocycles. The highest BCUT2D eigenvalue weighted by Gasteiger charge is 2.07. The van der Waals surface area contributed by atoms with Gasteiger partial charge in [-0.05, 0) is 38.1 Å². The Hall–Kier alpha value is -1.35. The number of aromatic nitrogens is 1. The number of hydrogen-bond donors (Lipinski definition) is 1. The second-order valence-corrected chi connectivity index (χ2v) is 3.75. The number of halogens is 1. The molecule has 0 amide bonds. The van der Waals surface area contributed by atoms with Crippen molar-refractivity contribution in [3.8, 4) is 0 Å². The summed E-state index contributed by atoms with van der Waals surface area (Å²) in [6.07, 6.45) is 0.918. The molecule has 0 saturated heterocycles. The third-order valence-electron chi connectivity index (χ3n) is 2.69. The molecule has 1 heterocycles. The lowest BCUT2D eigenvalue weighted by molar-refractivity contribution is 0.637. The van der Waals surface area contributed by atoms with Gasteiger partial charge in [0.05, 0.1) is 5.52 Å². The quantitative estimate of drug-likeness (QED) is 0.821. The van der Waals surface area contributed by atoms with Crippen LogP contribution in [0.4, 0.5) is 4.39 Å². The van der Waals surface area contributed by atoms with E-state index >= 15 is 0 Å². The van der Waals surface area contributed by atoms with Crippen molar-refractivity contribution in [2.45, 2.75) is 19.9 Å². The summed E-state index contributed by atoms with van der Waals surface area (Å²) in [5, 5.41) is 0.701. The lowest BCUT2D eigenvalue weighted by Gasteiger charge is -2.06. The van der Waals surface area contributed by atoms with Crippen LogP contribution in [0.3, 0.4) is 0 Å². The summed E-state index contributed by atoms with van der Waals surface area (Å²) >= 11 is 0. The van der Waals surface area contributed by atoms with Gasteiger partial charge < -0.3 is 10.3 Å². The van der Waals surface area contributed by atoms with E-state index in [4.69, 9.17) is 5.73 Å². The van der Waals surface area contributed by atoms with Crippen molar-refractivity contribution >= 4 is 10.9 Å². The minimum atomic E-state index is -0.151. The minimum absolute atomic E-state index is 0.151. The van der Waals surface area contributed by atoms with Crippen LogP contribution in [0, 0.1) is 12.7 Å². The van der Waals surface area contributed by atoms with Gasteiger partial charge in [0.25, 0.3) is 0 Å². The topological polar surface area (TPSA) is 30.9 Å². The van der Waals surface area contributed by atoms with Crippen LogP contribution in [-0.2, 0) is 6.54 Å². The first-order chi connectivity index (χ1) is 7.24. The van der Waals surface area contributed by atoms with E-state index in [1.165, 1.54) is 6.07 Å². The van der Waals surface area contributed by atoms with E-state index in [1.807, 2.05) is 19.1 Å². The maximum absolute atomic E-state index is 13.5. The molecule has 0 aliphatic rings. The molecule has 0 spiro atoms. The monoisotopic (exact) mass is 206 g/mol. The van der Waals surface area contributed by atoms with Gasteiger partial charge >= 0.3 is 0 Å². The third kappa shape index (κ3) is 1.75. The van der Waals surface area contributed by atoms with Crippen molar-refractivity contribution in [1.82, 2.24) is 4.57 Å². The molecule has 0 radical (unpaired) electrons. The number of hydrogen-bond acceptors (Lipinski definition) is 1. The molecule has 2 N–H and O–H groups in total. The Labute approximate surface area is 88.5 Å². The van der Waals surface area contributed by atoms with Crippen LogP contribution in [0.15, 0.2) is 24.3 Å². The van der Waals surface area contributed by atoms with Gasteiger partial charge in [-0.25, -0.2) is 4.39 Å². The Morgan fingerprint density at radius 1 is 1.40 bits per heavy atom. The Morgan fingerprint density at radius 3 is 2.93 bits per heavy atom. The van der Waals surface area contributed by atoms with Gasteiger partial charge in [0.2, 0.25) is 0 Å². The fourth-order valence-electron chi connectivity index (χ4n) is 1.93. The number of fused-ring (bicyclic) bond motifs is 1. The first kappa shape index (κ1) is 10.2. The van der Waals surface area contributed by atoms with Crippen LogP contribution in [0.1, 0.15) is 12.1 Å². The van der Waals surface area contributed by atoms with Gasteiger partial charge in [0, 0.05) is 17.6 Å². The van der Waals surface area contributed by atoms with Crippen molar-refractivity contribution in [1.29, 1.82) is 0 Å². The maximum atomic E-state index is 13.5. The summed E-state index contributed by atoms with van der Waals surface area (Å²) in [7, 11) is 0. The zero-order valence-corrected chi connectivity index (χ0v) is 8.83. The van der Waals surface area contributed by atoms with E-state index in [2.05, 4.69) is 4.57 Å². The molecule has 2 nitrogen and oxygen atoms in total. The van der Waals surface area contributed by atoms with Crippen LogP contribution in [0.25, 0.3) is 10.9 Å². The molecule has 0 fully saturated rings. The van der Waals surface area contributed by atoms with E-state index in [0.717, 1.165) is 24.2 Å². The van der Waals surface area contributed by atoms with Gasteiger partial charge in [0.1, 0.15) is 5.82 Å². The SMILES string of the molecule is Cc1cc2c(F)cccc2n1CCCN. The fourth-order valence-corrected chi connectivity index (χ4v) is 1.93. The van der Waals surface area contributed by atoms with Gasteiger partial charge in [-0.3, -0.25) is 0 Å². The first-order valence-corrected chi connectivity index (χ1v) is 5.18. The van der Waals surface area contributed by atoms with Crippen molar-refractivity contribution in [3.63, 3.8) is 0 Å². The Morgan fingerprint density at radius 2 is 2.20 bits per heavy atom. The normalized spacial score (nSPS) is 11.1. The number of aryl methyl sites for hydroxylation is 2. The van der Waals surface area contributed by atoms with E-state index in [1.54, 1.807) is 6.07 Å². The summed E-state index contributed by atoms with van der Waals surface area (Å²) in [6.45, 7) is 3.51. The number of benzene rings is 1. The lowest BCUT2D eigenvalue weighted by atomic mass is 10.2. The summed E-state index contributed by atoms with van der Waals surface area (Å²) < 4.78 is 15.6. The van der Waals surface area contributed by atoms with Gasteiger partial charge in [-0.15, -0.1) is 0 Å². The molecule has 15 heavy (non-hydrogen) atoms. The zero-order chi connectivity index (χ0) is 10.8. The average Bonchev–Trinajstić information content (AvgIpc) is 2.54. The number of nitrogens with zero attached hydrogens (tertiary/aromatic N) is 1. The predicted molar refractivity (Wildman–Crippen MR) is 60.3 cm³/mol. The van der Waals surface area contributed by atoms with Gasteiger partial charge in [-0.2, -0.15) is 0 Å². The summed E-state index contributed by atoms with van der Waals surface area (Å²) in [4.78, 5) is 0. The van der Waals surface area contributed by atoms with Crippen LogP contribution < -0.4 is 5.73 Å². The van der Waals surface area contributed by atoms with E-state index in [-0.39, 0.29) is 5.82 Å². The molecule has 0 unspecified atom stereocenters. The molecule has 80 valence electrons. The first-order valence-electron chi connectivity index (χ1n) is 5.18. The smallest absolute Gasteiger partial charge is 0.132 e. The molecule has 0 saturated carbocycles. The average molecular weight is 206 g/mol. The van der Waals surface area contributed by atoms with Crippen LogP contribution >= 0.6 is 0 Å². The highest BCUT2D eigenvalue weighted by atomic mass is 19.1. The van der Waals surface area contributed by atoms with Gasteiger partial charge in [-0.1, -0.05) is 6.07 Å². The summed E-state index contributed by atoms with van der Waals surface area (Å²) in [5.74, 6) is -0.151. The molecular weight excluding hydrogens is 191 g/mol. The molecule has 0 bridgehead atoms. The predicted octanol–water partition coefficient (Wildman–Crippen LogP) is 2.44. The second-order valence-electron chi connectivity index (χ2n) is 3.75. The van der Waals surface area contributed by atoms with Crippen molar-refractivity contribution in [2.24, 2.45) is 5.73 Å². The minimum Gasteiger partial charge on any atom is -0.345 e. The van der Waals surface area contributed by atoms with Crippen LogP contribution in [-0.4, -0.2) is 11.1 Å². The fraction of sp³-hybridized carbons (Fsp3) is 0.333. The Kier molecular flexibility index (Phi) is 2.73. The molecule has 2 aromatic rings. The summed E-state index contributed by atoms with van der Waals surface area (Å²) in [6, 6.07) is 7.08. The summed E-state index contributed by atoms with van der Waals surface area (Å²) in [5.41, 5.74) is 7.53. The Bertz CT molecular complexity index is 474. The number of rotatable bonds is 3. The van der Waals surface area contributed by atoms with E-state index in [9.17, 15) is 4.39 Å². The lowest BCUT2D eigenvalue weighted by Crippen LogP contribution is -2.06. The highest BCUT2D eigenvalue weighted by Crippen LogP contribution is 2.22. The largest absolute Gasteiger partial charge is 0.345 e. The second kappa shape index (κ2) is 4.03. The molecule has 1 aromatic carbocycles. The zero-order valence-electron chi connectivity index (χ0n) is 8.83. The van der Waals surface area contributed by atoms with E-state index in [0.29, 0.717) is 11.9 Å². The Balaban J connectivity index is 2.53. The standard InChI is InChI=1S/C12H15FN2/c1-9-8-10-11(13)4-2-5-12(10)15(9)7-3-6-14/h2,4-5,8H,3,6-7,14H2,1H3. The maximum Gasteiger partial charge on any atom is 0.132 e. The van der Waals surface area contributed by atoms with Crippen LogP contribution in [0.2, 0.25) is 0 Å². The molecule has 1 aromatic heterocycles. The molecular formula is C12H15FN2. The third-order valence-corrected chi connectivity index (χ3v) is 2.69. The molecule has 3 heteroatoms. The highest BCUT2D eigenvalue weighted by molar-refractivity contribution is 5.81. The molecule has 0 atom stereocenters. The van der Waals surface area contributed by atoms with E-state index < -0.39 is 0 Å². The van der Waals surface area contributed by atoms with Crippen molar-refractivity contribution in [2.75, 3.05) is 6.54 Å². The van der Waals surface area contributed by atoms with Crippen molar-refractivity contribution in [3.05, 3.63) is 35.8 Å². The van der Waals surface area contributed by atoms with Gasteiger partial charge in [0.15, 0.2) is 0 Å². The van der Waals surface area contributed by atoms with Crippen molar-refractivity contribution < 1.29 is 4.39 Å². The molecule has 2 rings (SSSR count). The van der Waals surface area contributed by atoms with Crippen LogP contribution in [0.5, 0.6) is 0 Å². The molecule has 0 aliphatic carbocycles. The number of nitrogens with two attached hydrogens (primary N) is 1.